The second kappa shape index (κ2) is 5.89. The molecule has 2 aromatic carbocycles. The molecule has 0 aliphatic heterocycles. The van der Waals surface area contributed by atoms with Crippen molar-refractivity contribution in [2.75, 3.05) is 12.4 Å². The monoisotopic (exact) mass is 266 g/mol. The second-order valence-corrected chi connectivity index (χ2v) is 4.33. The molecule has 0 aromatic heterocycles. The van der Waals surface area contributed by atoms with Crippen molar-refractivity contribution in [3.05, 3.63) is 59.2 Å². The van der Waals surface area contributed by atoms with Gasteiger partial charge in [-0.15, -0.1) is 0 Å². The Labute approximate surface area is 117 Å². The smallest absolute Gasteiger partial charge is 0.255 e. The summed E-state index contributed by atoms with van der Waals surface area (Å²) < 4.78 is 5.16. The lowest BCUT2D eigenvalue weighted by Gasteiger charge is -2.08. The van der Waals surface area contributed by atoms with Gasteiger partial charge in [0.25, 0.3) is 5.91 Å². The van der Waals surface area contributed by atoms with Crippen molar-refractivity contribution < 1.29 is 9.53 Å². The highest BCUT2D eigenvalue weighted by Crippen LogP contribution is 2.19. The molecular formula is C16H14N2O2. The van der Waals surface area contributed by atoms with Crippen LogP contribution in [0.5, 0.6) is 5.75 Å². The minimum atomic E-state index is -0.217. The van der Waals surface area contributed by atoms with Crippen molar-refractivity contribution in [2.24, 2.45) is 0 Å². The number of benzene rings is 2. The molecular weight excluding hydrogens is 252 g/mol. The van der Waals surface area contributed by atoms with E-state index in [1.807, 2.05) is 13.0 Å². The summed E-state index contributed by atoms with van der Waals surface area (Å²) in [7, 11) is 1.59. The highest BCUT2D eigenvalue weighted by molar-refractivity contribution is 6.04. The Morgan fingerprint density at radius 3 is 2.70 bits per heavy atom. The van der Waals surface area contributed by atoms with E-state index < -0.39 is 0 Å². The fourth-order valence-electron chi connectivity index (χ4n) is 1.89. The molecule has 0 spiro atoms. The number of ether oxygens (including phenoxy) is 1. The molecule has 0 aliphatic carbocycles. The first-order valence-corrected chi connectivity index (χ1v) is 6.10. The molecule has 0 saturated carbocycles. The molecule has 0 fully saturated rings. The maximum atomic E-state index is 12.1. The average Bonchev–Trinajstić information content (AvgIpc) is 2.47. The minimum Gasteiger partial charge on any atom is -0.496 e. The molecule has 20 heavy (non-hydrogen) atoms. The SMILES string of the molecule is COc1ccc(C(=O)Nc2cccc(C#N)c2)cc1C. The molecule has 4 heteroatoms. The number of hydrogen-bond acceptors (Lipinski definition) is 3. The third-order valence-electron chi connectivity index (χ3n) is 2.91. The summed E-state index contributed by atoms with van der Waals surface area (Å²) in [6, 6.07) is 14.1. The Morgan fingerprint density at radius 2 is 2.05 bits per heavy atom. The minimum absolute atomic E-state index is 0.217. The lowest BCUT2D eigenvalue weighted by Crippen LogP contribution is -2.12. The van der Waals surface area contributed by atoms with E-state index in [-0.39, 0.29) is 5.91 Å². The summed E-state index contributed by atoms with van der Waals surface area (Å²) in [5.74, 6) is 0.527. The van der Waals surface area contributed by atoms with E-state index in [2.05, 4.69) is 5.32 Å². The van der Waals surface area contributed by atoms with Crippen LogP contribution in [0.3, 0.4) is 0 Å². The standard InChI is InChI=1S/C16H14N2O2/c1-11-8-13(6-7-15(11)20-2)16(19)18-14-5-3-4-12(9-14)10-17/h3-9H,1-2H3,(H,18,19). The average molecular weight is 266 g/mol. The third-order valence-corrected chi connectivity index (χ3v) is 2.91. The number of methoxy groups -OCH3 is 1. The van der Waals surface area contributed by atoms with Crippen LogP contribution in [0.2, 0.25) is 0 Å². The van der Waals surface area contributed by atoms with Crippen LogP contribution in [0.15, 0.2) is 42.5 Å². The topological polar surface area (TPSA) is 62.1 Å². The molecule has 4 nitrogen and oxygen atoms in total. The van der Waals surface area contributed by atoms with Gasteiger partial charge in [-0.25, -0.2) is 0 Å². The van der Waals surface area contributed by atoms with Crippen LogP contribution in [0.1, 0.15) is 21.5 Å². The molecule has 0 bridgehead atoms. The fraction of sp³-hybridized carbons (Fsp3) is 0.125. The Morgan fingerprint density at radius 1 is 1.25 bits per heavy atom. The summed E-state index contributed by atoms with van der Waals surface area (Å²) >= 11 is 0. The van der Waals surface area contributed by atoms with Crippen molar-refractivity contribution in [1.82, 2.24) is 0 Å². The van der Waals surface area contributed by atoms with Gasteiger partial charge in [-0.2, -0.15) is 5.26 Å². The molecule has 2 rings (SSSR count). The van der Waals surface area contributed by atoms with E-state index in [9.17, 15) is 4.79 Å². The third kappa shape index (κ3) is 2.96. The fourth-order valence-corrected chi connectivity index (χ4v) is 1.89. The van der Waals surface area contributed by atoms with Crippen molar-refractivity contribution >= 4 is 11.6 Å². The van der Waals surface area contributed by atoms with Crippen LogP contribution in [0.25, 0.3) is 0 Å². The predicted octanol–water partition coefficient (Wildman–Crippen LogP) is 3.13. The van der Waals surface area contributed by atoms with Gasteiger partial charge in [0.1, 0.15) is 5.75 Å². The predicted molar refractivity (Wildman–Crippen MR) is 76.8 cm³/mol. The van der Waals surface area contributed by atoms with Gasteiger partial charge in [0, 0.05) is 11.3 Å². The number of aryl methyl sites for hydroxylation is 1. The number of carbonyl (C=O) groups excluding carboxylic acids is 1. The van der Waals surface area contributed by atoms with Crippen molar-refractivity contribution in [2.45, 2.75) is 6.92 Å². The van der Waals surface area contributed by atoms with E-state index in [4.69, 9.17) is 10.00 Å². The number of carbonyl (C=O) groups is 1. The van der Waals surface area contributed by atoms with Gasteiger partial charge in [0.15, 0.2) is 0 Å². The number of nitrogens with zero attached hydrogens (tertiary/aromatic N) is 1. The first kappa shape index (κ1) is 13.6. The first-order valence-electron chi connectivity index (χ1n) is 6.10. The summed E-state index contributed by atoms with van der Waals surface area (Å²) in [6.07, 6.45) is 0. The molecule has 0 radical (unpaired) electrons. The van der Waals surface area contributed by atoms with E-state index >= 15 is 0 Å². The largest absolute Gasteiger partial charge is 0.496 e. The van der Waals surface area contributed by atoms with Gasteiger partial charge in [-0.05, 0) is 48.9 Å². The molecule has 2 aromatic rings. The van der Waals surface area contributed by atoms with E-state index in [1.54, 1.807) is 49.6 Å². The number of amides is 1. The number of rotatable bonds is 3. The Balaban J connectivity index is 2.19. The van der Waals surface area contributed by atoms with E-state index in [1.165, 1.54) is 0 Å². The summed E-state index contributed by atoms with van der Waals surface area (Å²) in [6.45, 7) is 1.88. The van der Waals surface area contributed by atoms with Crippen LogP contribution in [0, 0.1) is 18.3 Å². The Kier molecular flexibility index (Phi) is 4.02. The zero-order valence-corrected chi connectivity index (χ0v) is 11.3. The van der Waals surface area contributed by atoms with Crippen LogP contribution in [-0.2, 0) is 0 Å². The number of hydrogen-bond donors (Lipinski definition) is 1. The molecule has 0 atom stereocenters. The molecule has 100 valence electrons. The highest BCUT2D eigenvalue weighted by atomic mass is 16.5. The van der Waals surface area contributed by atoms with Crippen molar-refractivity contribution in [3.63, 3.8) is 0 Å². The summed E-state index contributed by atoms with van der Waals surface area (Å²) in [5.41, 5.74) is 2.55. The van der Waals surface area contributed by atoms with Crippen LogP contribution < -0.4 is 10.1 Å². The molecule has 0 saturated heterocycles. The van der Waals surface area contributed by atoms with Gasteiger partial charge < -0.3 is 10.1 Å². The Bertz CT molecular complexity index is 687. The summed E-state index contributed by atoms with van der Waals surface area (Å²) in [4.78, 5) is 12.1. The lowest BCUT2D eigenvalue weighted by atomic mass is 10.1. The van der Waals surface area contributed by atoms with Gasteiger partial charge >= 0.3 is 0 Å². The number of anilines is 1. The maximum absolute atomic E-state index is 12.1. The van der Waals surface area contributed by atoms with E-state index in [0.717, 1.165) is 11.3 Å². The number of nitrogens with one attached hydrogen (secondary N) is 1. The van der Waals surface area contributed by atoms with Crippen LogP contribution >= 0.6 is 0 Å². The van der Waals surface area contributed by atoms with Crippen molar-refractivity contribution in [3.8, 4) is 11.8 Å². The van der Waals surface area contributed by atoms with Crippen LogP contribution in [0.4, 0.5) is 5.69 Å². The number of nitriles is 1. The molecule has 1 amide bonds. The van der Waals surface area contributed by atoms with Gasteiger partial charge in [-0.3, -0.25) is 4.79 Å². The van der Waals surface area contributed by atoms with Gasteiger partial charge in [0.05, 0.1) is 18.7 Å². The first-order chi connectivity index (χ1) is 9.63. The van der Waals surface area contributed by atoms with Crippen molar-refractivity contribution in [1.29, 1.82) is 5.26 Å². The van der Waals surface area contributed by atoms with Crippen LogP contribution in [-0.4, -0.2) is 13.0 Å². The maximum Gasteiger partial charge on any atom is 0.255 e. The zero-order valence-electron chi connectivity index (χ0n) is 11.3. The molecule has 0 aliphatic rings. The normalized spacial score (nSPS) is 9.65. The molecule has 0 heterocycles. The summed E-state index contributed by atoms with van der Waals surface area (Å²) in [5, 5.41) is 11.6. The quantitative estimate of drug-likeness (QED) is 0.928. The van der Waals surface area contributed by atoms with Gasteiger partial charge in [-0.1, -0.05) is 6.07 Å². The highest BCUT2D eigenvalue weighted by Gasteiger charge is 2.08. The second-order valence-electron chi connectivity index (χ2n) is 4.33. The Hall–Kier alpha value is -2.80. The molecule has 1 N–H and O–H groups in total. The van der Waals surface area contributed by atoms with E-state index in [0.29, 0.717) is 16.8 Å². The zero-order chi connectivity index (χ0) is 14.5. The molecule has 0 unspecified atom stereocenters. The lowest BCUT2D eigenvalue weighted by molar-refractivity contribution is 0.102. The van der Waals surface area contributed by atoms with Gasteiger partial charge in [0.2, 0.25) is 0 Å².